The number of benzene rings is 1. The van der Waals surface area contributed by atoms with E-state index in [-0.39, 0.29) is 5.91 Å². The summed E-state index contributed by atoms with van der Waals surface area (Å²) in [5.74, 6) is 1.52. The van der Waals surface area contributed by atoms with Gasteiger partial charge < -0.3 is 19.9 Å². The number of likely N-dealkylation sites (N-methyl/N-ethyl adjacent to an activating group) is 1. The highest BCUT2D eigenvalue weighted by Crippen LogP contribution is 2.17. The van der Waals surface area contributed by atoms with Gasteiger partial charge in [0.05, 0.1) is 19.0 Å². The molecule has 1 aromatic carbocycles. The largest absolute Gasteiger partial charge is 0.497 e. The van der Waals surface area contributed by atoms with Crippen LogP contribution >= 0.6 is 0 Å². The van der Waals surface area contributed by atoms with Gasteiger partial charge in [0.25, 0.3) is 5.91 Å². The average Bonchev–Trinajstić information content (AvgIpc) is 2.63. The molecule has 1 aliphatic heterocycles. The average molecular weight is 326 g/mol. The first-order valence-corrected chi connectivity index (χ1v) is 8.00. The van der Waals surface area contributed by atoms with Crippen LogP contribution in [0.25, 0.3) is 0 Å². The summed E-state index contributed by atoms with van der Waals surface area (Å²) in [5.41, 5.74) is 1.27. The van der Waals surface area contributed by atoms with Crippen LogP contribution in [0.15, 0.2) is 42.6 Å². The molecule has 0 atom stereocenters. The van der Waals surface area contributed by atoms with Crippen molar-refractivity contribution in [2.45, 2.75) is 0 Å². The number of nitrogens with one attached hydrogen (secondary N) is 1. The van der Waals surface area contributed by atoms with E-state index in [9.17, 15) is 4.79 Å². The van der Waals surface area contributed by atoms with Crippen molar-refractivity contribution in [3.05, 3.63) is 48.2 Å². The molecule has 0 bridgehead atoms. The van der Waals surface area contributed by atoms with Crippen LogP contribution in [0.3, 0.4) is 0 Å². The van der Waals surface area contributed by atoms with Gasteiger partial charge in [-0.3, -0.25) is 4.79 Å². The molecule has 0 spiro atoms. The second-order valence-corrected chi connectivity index (χ2v) is 5.88. The maximum absolute atomic E-state index is 12.2. The Hall–Kier alpha value is -2.60. The Morgan fingerprint density at radius 2 is 1.79 bits per heavy atom. The topological polar surface area (TPSA) is 57.7 Å². The maximum Gasteiger partial charge on any atom is 0.255 e. The van der Waals surface area contributed by atoms with Crippen molar-refractivity contribution in [1.29, 1.82) is 0 Å². The molecule has 6 heteroatoms. The number of methoxy groups -OCH3 is 1. The van der Waals surface area contributed by atoms with Gasteiger partial charge in [0.15, 0.2) is 0 Å². The van der Waals surface area contributed by atoms with Gasteiger partial charge in [0, 0.05) is 31.7 Å². The molecule has 0 aliphatic carbocycles. The minimum absolute atomic E-state index is 0.160. The molecule has 6 nitrogen and oxygen atoms in total. The lowest BCUT2D eigenvalue weighted by Gasteiger charge is -2.33. The third kappa shape index (κ3) is 3.83. The van der Waals surface area contributed by atoms with Crippen molar-refractivity contribution >= 4 is 17.4 Å². The smallest absolute Gasteiger partial charge is 0.255 e. The molecule has 1 aromatic heterocycles. The van der Waals surface area contributed by atoms with Crippen LogP contribution < -0.4 is 15.0 Å². The normalized spacial score (nSPS) is 15.2. The van der Waals surface area contributed by atoms with E-state index in [0.717, 1.165) is 37.7 Å². The SMILES string of the molecule is COc1ccc(C(=O)Nc2ccc(N3CCN(C)CC3)nc2)cc1. The predicted molar refractivity (Wildman–Crippen MR) is 94.9 cm³/mol. The van der Waals surface area contributed by atoms with Crippen molar-refractivity contribution in [2.24, 2.45) is 0 Å². The Kier molecular flexibility index (Phi) is 4.96. The van der Waals surface area contributed by atoms with Crippen LogP contribution in [0, 0.1) is 0 Å². The van der Waals surface area contributed by atoms with E-state index in [2.05, 4.69) is 27.1 Å². The number of rotatable bonds is 4. The molecule has 2 heterocycles. The molecular formula is C18H22N4O2. The van der Waals surface area contributed by atoms with E-state index in [1.54, 1.807) is 37.6 Å². The number of aromatic nitrogens is 1. The van der Waals surface area contributed by atoms with Gasteiger partial charge >= 0.3 is 0 Å². The molecule has 1 aliphatic rings. The summed E-state index contributed by atoms with van der Waals surface area (Å²) >= 11 is 0. The predicted octanol–water partition coefficient (Wildman–Crippen LogP) is 2.09. The molecule has 0 saturated carbocycles. The number of ether oxygens (including phenoxy) is 1. The quantitative estimate of drug-likeness (QED) is 0.932. The highest BCUT2D eigenvalue weighted by molar-refractivity contribution is 6.04. The van der Waals surface area contributed by atoms with Gasteiger partial charge in [0.1, 0.15) is 11.6 Å². The first kappa shape index (κ1) is 16.3. The van der Waals surface area contributed by atoms with Gasteiger partial charge in [-0.2, -0.15) is 0 Å². The van der Waals surface area contributed by atoms with E-state index in [1.807, 2.05) is 12.1 Å². The van der Waals surface area contributed by atoms with Crippen LogP contribution in [0.2, 0.25) is 0 Å². The van der Waals surface area contributed by atoms with E-state index < -0.39 is 0 Å². The molecule has 1 fully saturated rings. The number of anilines is 2. The number of hydrogen-bond donors (Lipinski definition) is 1. The van der Waals surface area contributed by atoms with Gasteiger partial charge in [-0.05, 0) is 43.4 Å². The van der Waals surface area contributed by atoms with E-state index >= 15 is 0 Å². The molecular weight excluding hydrogens is 304 g/mol. The lowest BCUT2D eigenvalue weighted by Crippen LogP contribution is -2.44. The highest BCUT2D eigenvalue weighted by Gasteiger charge is 2.15. The first-order chi connectivity index (χ1) is 11.7. The highest BCUT2D eigenvalue weighted by atomic mass is 16.5. The molecule has 0 unspecified atom stereocenters. The van der Waals surface area contributed by atoms with Crippen molar-refractivity contribution in [3.63, 3.8) is 0 Å². The molecule has 24 heavy (non-hydrogen) atoms. The Morgan fingerprint density at radius 1 is 1.08 bits per heavy atom. The molecule has 1 saturated heterocycles. The number of nitrogens with zero attached hydrogens (tertiary/aromatic N) is 3. The van der Waals surface area contributed by atoms with E-state index in [0.29, 0.717) is 11.3 Å². The van der Waals surface area contributed by atoms with Crippen LogP contribution in [0.5, 0.6) is 5.75 Å². The van der Waals surface area contributed by atoms with Crippen LogP contribution in [0.1, 0.15) is 10.4 Å². The summed E-state index contributed by atoms with van der Waals surface area (Å²) < 4.78 is 5.10. The van der Waals surface area contributed by atoms with Crippen molar-refractivity contribution in [2.75, 3.05) is 50.6 Å². The third-order valence-electron chi connectivity index (χ3n) is 4.19. The summed E-state index contributed by atoms with van der Waals surface area (Å²) in [7, 11) is 3.73. The van der Waals surface area contributed by atoms with Crippen molar-refractivity contribution in [3.8, 4) is 5.75 Å². The number of carbonyl (C=O) groups is 1. The molecule has 1 N–H and O–H groups in total. The zero-order valence-electron chi connectivity index (χ0n) is 14.0. The molecule has 2 aromatic rings. The van der Waals surface area contributed by atoms with E-state index in [4.69, 9.17) is 4.74 Å². The summed E-state index contributed by atoms with van der Waals surface area (Å²) in [6.45, 7) is 4.03. The zero-order chi connectivity index (χ0) is 16.9. The molecule has 1 amide bonds. The van der Waals surface area contributed by atoms with E-state index in [1.165, 1.54) is 0 Å². The maximum atomic E-state index is 12.2. The minimum atomic E-state index is -0.160. The lowest BCUT2D eigenvalue weighted by molar-refractivity contribution is 0.102. The Balaban J connectivity index is 1.62. The second-order valence-electron chi connectivity index (χ2n) is 5.88. The third-order valence-corrected chi connectivity index (χ3v) is 4.19. The standard InChI is InChI=1S/C18H22N4O2/c1-21-9-11-22(12-10-21)17-8-5-15(13-19-17)20-18(23)14-3-6-16(24-2)7-4-14/h3-8,13H,9-12H2,1-2H3,(H,20,23). The van der Waals surface area contributed by atoms with Crippen LogP contribution in [0.4, 0.5) is 11.5 Å². The summed E-state index contributed by atoms with van der Waals surface area (Å²) in [6.07, 6.45) is 1.70. The number of carbonyl (C=O) groups excluding carboxylic acids is 1. The first-order valence-electron chi connectivity index (χ1n) is 8.00. The molecule has 3 rings (SSSR count). The fourth-order valence-corrected chi connectivity index (χ4v) is 2.63. The van der Waals surface area contributed by atoms with Gasteiger partial charge in [-0.25, -0.2) is 4.98 Å². The number of amides is 1. The van der Waals surface area contributed by atoms with Gasteiger partial charge in [-0.1, -0.05) is 0 Å². The van der Waals surface area contributed by atoms with Crippen LogP contribution in [-0.4, -0.2) is 56.1 Å². The van der Waals surface area contributed by atoms with Crippen LogP contribution in [-0.2, 0) is 0 Å². The number of piperazine rings is 1. The lowest BCUT2D eigenvalue weighted by atomic mass is 10.2. The van der Waals surface area contributed by atoms with Gasteiger partial charge in [0.2, 0.25) is 0 Å². The number of hydrogen-bond acceptors (Lipinski definition) is 5. The number of pyridine rings is 1. The summed E-state index contributed by atoms with van der Waals surface area (Å²) in [6, 6.07) is 10.9. The molecule has 126 valence electrons. The molecule has 0 radical (unpaired) electrons. The summed E-state index contributed by atoms with van der Waals surface area (Å²) in [4.78, 5) is 21.3. The second kappa shape index (κ2) is 7.31. The zero-order valence-corrected chi connectivity index (χ0v) is 14.0. The van der Waals surface area contributed by atoms with Gasteiger partial charge in [-0.15, -0.1) is 0 Å². The summed E-state index contributed by atoms with van der Waals surface area (Å²) in [5, 5.41) is 2.86. The minimum Gasteiger partial charge on any atom is -0.497 e. The monoisotopic (exact) mass is 326 g/mol. The fraction of sp³-hybridized carbons (Fsp3) is 0.333. The Labute approximate surface area is 142 Å². The van der Waals surface area contributed by atoms with Crippen molar-refractivity contribution < 1.29 is 9.53 Å². The Morgan fingerprint density at radius 3 is 2.38 bits per heavy atom. The fourth-order valence-electron chi connectivity index (χ4n) is 2.63. The Bertz CT molecular complexity index is 677. The van der Waals surface area contributed by atoms with Crippen molar-refractivity contribution in [1.82, 2.24) is 9.88 Å².